The minimum Gasteiger partial charge on any atom is -0.375 e. The lowest BCUT2D eigenvalue weighted by Crippen LogP contribution is -2.51. The summed E-state index contributed by atoms with van der Waals surface area (Å²) in [6.45, 7) is 1.32. The number of benzene rings is 1. The monoisotopic (exact) mass is 267 g/mol. The van der Waals surface area contributed by atoms with Crippen LogP contribution in [0.5, 0.6) is 0 Å². The van der Waals surface area contributed by atoms with Crippen molar-refractivity contribution in [1.82, 2.24) is 10.2 Å². The number of rotatable bonds is 3. The van der Waals surface area contributed by atoms with Gasteiger partial charge < -0.3 is 15.5 Å². The van der Waals surface area contributed by atoms with Crippen LogP contribution in [-0.2, 0) is 9.59 Å². The third-order valence-electron chi connectivity index (χ3n) is 2.69. The molecule has 0 bridgehead atoms. The van der Waals surface area contributed by atoms with Crippen LogP contribution in [0.25, 0.3) is 0 Å². The van der Waals surface area contributed by atoms with Gasteiger partial charge in [-0.3, -0.25) is 9.59 Å². The summed E-state index contributed by atoms with van der Waals surface area (Å²) >= 11 is 5.97. The van der Waals surface area contributed by atoms with E-state index in [1.807, 2.05) is 12.1 Å². The van der Waals surface area contributed by atoms with E-state index in [0.717, 1.165) is 0 Å². The van der Waals surface area contributed by atoms with Crippen LogP contribution in [-0.4, -0.2) is 42.9 Å². The van der Waals surface area contributed by atoms with Gasteiger partial charge in [0, 0.05) is 13.1 Å². The molecular weight excluding hydrogens is 254 g/mol. The Morgan fingerprint density at radius 3 is 2.94 bits per heavy atom. The third kappa shape index (κ3) is 3.13. The van der Waals surface area contributed by atoms with E-state index in [9.17, 15) is 9.59 Å². The highest BCUT2D eigenvalue weighted by Crippen LogP contribution is 2.19. The number of nitrogens with zero attached hydrogens (tertiary/aromatic N) is 1. The Balaban J connectivity index is 1.88. The second kappa shape index (κ2) is 5.73. The van der Waals surface area contributed by atoms with Crippen LogP contribution in [0.15, 0.2) is 24.3 Å². The van der Waals surface area contributed by atoms with Crippen molar-refractivity contribution in [3.05, 3.63) is 29.3 Å². The van der Waals surface area contributed by atoms with Crippen molar-refractivity contribution in [3.8, 4) is 0 Å². The highest BCUT2D eigenvalue weighted by Gasteiger charge is 2.20. The van der Waals surface area contributed by atoms with Crippen LogP contribution in [0.3, 0.4) is 0 Å². The SMILES string of the molecule is O=C1CN(C(=O)CNc2ccccc2Cl)CCN1. The summed E-state index contributed by atoms with van der Waals surface area (Å²) in [6, 6.07) is 7.22. The minimum atomic E-state index is -0.118. The fourth-order valence-corrected chi connectivity index (χ4v) is 1.94. The molecule has 18 heavy (non-hydrogen) atoms. The van der Waals surface area contributed by atoms with Crippen LogP contribution in [0.4, 0.5) is 5.69 Å². The second-order valence-corrected chi connectivity index (χ2v) is 4.41. The highest BCUT2D eigenvalue weighted by molar-refractivity contribution is 6.33. The second-order valence-electron chi connectivity index (χ2n) is 4.00. The molecule has 1 aliphatic rings. The first-order valence-corrected chi connectivity index (χ1v) is 6.07. The fraction of sp³-hybridized carbons (Fsp3) is 0.333. The summed E-state index contributed by atoms with van der Waals surface area (Å²) in [7, 11) is 0. The molecule has 2 N–H and O–H groups in total. The van der Waals surface area contributed by atoms with Crippen molar-refractivity contribution >= 4 is 29.1 Å². The van der Waals surface area contributed by atoms with Gasteiger partial charge in [-0.1, -0.05) is 23.7 Å². The standard InChI is InChI=1S/C12H14ClN3O2/c13-9-3-1-2-4-10(9)15-7-12(18)16-6-5-14-11(17)8-16/h1-4,15H,5-8H2,(H,14,17). The van der Waals surface area contributed by atoms with Gasteiger partial charge >= 0.3 is 0 Å². The van der Waals surface area contributed by atoms with Gasteiger partial charge in [0.15, 0.2) is 0 Å². The summed E-state index contributed by atoms with van der Waals surface area (Å²) in [5, 5.41) is 6.22. The zero-order valence-corrected chi connectivity index (χ0v) is 10.5. The molecule has 1 fully saturated rings. The summed E-state index contributed by atoms with van der Waals surface area (Å²) in [5.74, 6) is -0.225. The van der Waals surface area contributed by atoms with E-state index < -0.39 is 0 Å². The molecule has 1 heterocycles. The molecule has 2 rings (SSSR count). The molecule has 1 aliphatic heterocycles. The molecular formula is C12H14ClN3O2. The van der Waals surface area contributed by atoms with Gasteiger partial charge in [0.25, 0.3) is 0 Å². The fourth-order valence-electron chi connectivity index (χ4n) is 1.74. The van der Waals surface area contributed by atoms with E-state index in [1.165, 1.54) is 4.90 Å². The maximum Gasteiger partial charge on any atom is 0.242 e. The number of carbonyl (C=O) groups is 2. The number of anilines is 1. The number of halogens is 1. The molecule has 6 heteroatoms. The van der Waals surface area contributed by atoms with E-state index in [-0.39, 0.29) is 24.9 Å². The average Bonchev–Trinajstić information content (AvgIpc) is 2.37. The third-order valence-corrected chi connectivity index (χ3v) is 3.02. The average molecular weight is 268 g/mol. The quantitative estimate of drug-likeness (QED) is 0.848. The summed E-state index contributed by atoms with van der Waals surface area (Å²) in [6.07, 6.45) is 0. The maximum atomic E-state index is 11.9. The zero-order chi connectivity index (χ0) is 13.0. The largest absolute Gasteiger partial charge is 0.375 e. The predicted molar refractivity (Wildman–Crippen MR) is 69.5 cm³/mol. The first-order chi connectivity index (χ1) is 8.66. The Morgan fingerprint density at radius 2 is 2.22 bits per heavy atom. The van der Waals surface area contributed by atoms with Crippen molar-refractivity contribution in [2.24, 2.45) is 0 Å². The van der Waals surface area contributed by atoms with Crippen LogP contribution in [0, 0.1) is 0 Å². The van der Waals surface area contributed by atoms with E-state index >= 15 is 0 Å². The topological polar surface area (TPSA) is 61.4 Å². The normalized spacial score (nSPS) is 15.2. The molecule has 0 aromatic heterocycles. The number of piperazine rings is 1. The first-order valence-electron chi connectivity index (χ1n) is 5.69. The van der Waals surface area contributed by atoms with Crippen LogP contribution in [0.2, 0.25) is 5.02 Å². The van der Waals surface area contributed by atoms with Gasteiger partial charge in [-0.15, -0.1) is 0 Å². The summed E-state index contributed by atoms with van der Waals surface area (Å²) in [5.41, 5.74) is 0.717. The number of para-hydroxylation sites is 1. The number of carbonyl (C=O) groups excluding carboxylic acids is 2. The molecule has 0 spiro atoms. The van der Waals surface area contributed by atoms with Gasteiger partial charge in [0.2, 0.25) is 11.8 Å². The highest BCUT2D eigenvalue weighted by atomic mass is 35.5. The molecule has 1 aromatic carbocycles. The minimum absolute atomic E-state index is 0.107. The molecule has 1 saturated heterocycles. The van der Waals surface area contributed by atoms with Crippen LogP contribution >= 0.6 is 11.6 Å². The van der Waals surface area contributed by atoms with Crippen LogP contribution < -0.4 is 10.6 Å². The van der Waals surface area contributed by atoms with Gasteiger partial charge in [-0.2, -0.15) is 0 Å². The Kier molecular flexibility index (Phi) is 4.04. The molecule has 1 aromatic rings. The lowest BCUT2D eigenvalue weighted by atomic mass is 10.3. The molecule has 0 atom stereocenters. The van der Waals surface area contributed by atoms with Crippen molar-refractivity contribution in [3.63, 3.8) is 0 Å². The number of hydrogen-bond acceptors (Lipinski definition) is 3. The molecule has 5 nitrogen and oxygen atoms in total. The maximum absolute atomic E-state index is 11.9. The van der Waals surface area contributed by atoms with E-state index in [0.29, 0.717) is 23.8 Å². The van der Waals surface area contributed by atoms with Gasteiger partial charge in [-0.05, 0) is 12.1 Å². The lowest BCUT2D eigenvalue weighted by Gasteiger charge is -2.26. The first kappa shape index (κ1) is 12.7. The van der Waals surface area contributed by atoms with Gasteiger partial charge in [0.1, 0.15) is 0 Å². The Morgan fingerprint density at radius 1 is 1.44 bits per heavy atom. The van der Waals surface area contributed by atoms with E-state index in [1.54, 1.807) is 12.1 Å². The smallest absolute Gasteiger partial charge is 0.242 e. The Bertz CT molecular complexity index is 464. The number of amides is 2. The Labute approximate surface area is 110 Å². The number of nitrogens with one attached hydrogen (secondary N) is 2. The summed E-state index contributed by atoms with van der Waals surface area (Å²) < 4.78 is 0. The lowest BCUT2D eigenvalue weighted by molar-refractivity contribution is -0.136. The predicted octanol–water partition coefficient (Wildman–Crippen LogP) is 0.710. The van der Waals surface area contributed by atoms with Crippen molar-refractivity contribution in [2.45, 2.75) is 0 Å². The molecule has 0 aliphatic carbocycles. The molecule has 0 unspecified atom stereocenters. The van der Waals surface area contributed by atoms with Gasteiger partial charge in [0.05, 0.1) is 23.8 Å². The zero-order valence-electron chi connectivity index (χ0n) is 9.78. The molecule has 2 amide bonds. The van der Waals surface area contributed by atoms with Crippen molar-refractivity contribution in [1.29, 1.82) is 0 Å². The van der Waals surface area contributed by atoms with E-state index in [4.69, 9.17) is 11.6 Å². The van der Waals surface area contributed by atoms with Crippen LogP contribution in [0.1, 0.15) is 0 Å². The van der Waals surface area contributed by atoms with Crippen molar-refractivity contribution in [2.75, 3.05) is 31.5 Å². The molecule has 0 radical (unpaired) electrons. The van der Waals surface area contributed by atoms with Gasteiger partial charge in [-0.25, -0.2) is 0 Å². The van der Waals surface area contributed by atoms with E-state index in [2.05, 4.69) is 10.6 Å². The van der Waals surface area contributed by atoms with Crippen molar-refractivity contribution < 1.29 is 9.59 Å². The molecule has 0 saturated carbocycles. The Hall–Kier alpha value is -1.75. The summed E-state index contributed by atoms with van der Waals surface area (Å²) in [4.78, 5) is 24.6. The molecule has 96 valence electrons. The number of hydrogen-bond donors (Lipinski definition) is 2.